The van der Waals surface area contributed by atoms with E-state index in [2.05, 4.69) is 54.8 Å². The van der Waals surface area contributed by atoms with Crippen LogP contribution in [-0.2, 0) is 67.8 Å². The number of hydrogen-bond donors (Lipinski definition) is 5. The second kappa shape index (κ2) is 42.1. The van der Waals surface area contributed by atoms with Gasteiger partial charge in [-0.1, -0.05) is 145 Å². The monoisotopic (exact) mass is 2160 g/mol. The van der Waals surface area contributed by atoms with Crippen LogP contribution in [-0.4, -0.2) is 224 Å². The zero-order valence-corrected chi connectivity index (χ0v) is 89.3. The third-order valence-corrected chi connectivity index (χ3v) is 37.2. The molecular weight excluding hydrogens is 2060 g/mol. The number of carbonyl (C=O) groups is 14. The van der Waals surface area contributed by atoms with E-state index in [1.807, 2.05) is 6.92 Å². The van der Waals surface area contributed by atoms with Crippen LogP contribution in [0.15, 0.2) is 195 Å². The number of piperazine rings is 4. The summed E-state index contributed by atoms with van der Waals surface area (Å²) in [5.41, 5.74) is 0.267. The molecule has 16 atom stereocenters. The third-order valence-electron chi connectivity index (χ3n) is 27.5. The number of amides is 10. The van der Waals surface area contributed by atoms with E-state index >= 15 is 0 Å². The van der Waals surface area contributed by atoms with Gasteiger partial charge in [-0.3, -0.25) is 77.5 Å². The summed E-state index contributed by atoms with van der Waals surface area (Å²) in [6.45, 7) is 16.5. The predicted molar refractivity (Wildman–Crippen MR) is 557 cm³/mol. The molecule has 5 N–H and O–H groups in total. The Bertz CT molecular complexity index is 6590. The van der Waals surface area contributed by atoms with Gasteiger partial charge in [-0.05, 0) is 216 Å². The summed E-state index contributed by atoms with van der Waals surface area (Å²) in [6.07, 6.45) is 5.83. The van der Waals surface area contributed by atoms with E-state index < -0.39 is 141 Å². The number of pyridine rings is 4. The minimum Gasteiger partial charge on any atom is -0.418 e. The van der Waals surface area contributed by atoms with Gasteiger partial charge in [0, 0.05) is 110 Å². The first kappa shape index (κ1) is 110. The fraction of sp³-hybridized carbons (Fsp3) is 0.376. The summed E-state index contributed by atoms with van der Waals surface area (Å²) in [5, 5.41) is 71.5. The number of benzene rings is 4. The lowest BCUT2D eigenvalue weighted by Crippen LogP contribution is -2.71. The number of aromatic nitrogens is 4. The van der Waals surface area contributed by atoms with E-state index in [1.165, 1.54) is 121 Å². The molecular formula is C101H100N18O19S9. The Labute approximate surface area is 885 Å². The van der Waals surface area contributed by atoms with Crippen LogP contribution >= 0.6 is 106 Å². The number of hydrogen-bond acceptors (Lipinski definition) is 36. The summed E-state index contributed by atoms with van der Waals surface area (Å²) in [6, 6.07) is 53.0. The van der Waals surface area contributed by atoms with Gasteiger partial charge in [0.1, 0.15) is 15.0 Å². The van der Waals surface area contributed by atoms with Crippen molar-refractivity contribution in [2.45, 2.75) is 185 Å². The first-order chi connectivity index (χ1) is 69.4. The number of aliphatic hydroxyl groups excluding tert-OH is 3. The number of aliphatic hydroxyl groups is 3. The molecule has 147 heavy (non-hydrogen) atoms. The number of rotatable bonds is 17. The van der Waals surface area contributed by atoms with Crippen LogP contribution in [0.3, 0.4) is 0 Å². The molecule has 2 bridgehead atoms. The van der Waals surface area contributed by atoms with E-state index in [0.29, 0.717) is 101 Å². The van der Waals surface area contributed by atoms with Crippen LogP contribution in [0, 0.1) is 73.9 Å². The predicted octanol–water partition coefficient (Wildman–Crippen LogP) is 15.0. The number of likely N-dealkylation sites (N-methyl/N-ethyl adjacent to an activating group) is 4. The van der Waals surface area contributed by atoms with Crippen LogP contribution in [0.1, 0.15) is 164 Å². The number of nitriles is 4. The fourth-order valence-corrected chi connectivity index (χ4v) is 30.6. The minimum absolute atomic E-state index is 0.0188. The van der Waals surface area contributed by atoms with E-state index in [0.717, 1.165) is 34.1 Å². The van der Waals surface area contributed by atoms with Crippen LogP contribution in [0.4, 0.5) is 30.6 Å². The van der Waals surface area contributed by atoms with Gasteiger partial charge in [-0.2, -0.15) is 21.0 Å². The molecule has 10 aliphatic rings. The quantitative estimate of drug-likeness (QED) is 0.0417. The third kappa shape index (κ3) is 19.7. The summed E-state index contributed by atoms with van der Waals surface area (Å²) < 4.78 is 11.5. The van der Waals surface area contributed by atoms with Crippen molar-refractivity contribution in [1.29, 1.82) is 21.0 Å². The largest absolute Gasteiger partial charge is 0.418 e. The number of ether oxygens (including phenoxy) is 2. The Morgan fingerprint density at radius 2 is 0.707 bits per heavy atom. The highest BCUT2D eigenvalue weighted by Gasteiger charge is 2.78. The van der Waals surface area contributed by atoms with Crippen LogP contribution < -0.4 is 20.1 Å². The second-order valence-electron chi connectivity index (χ2n) is 37.6. The molecule has 10 saturated heterocycles. The lowest BCUT2D eigenvalue weighted by atomic mass is 9.80. The molecule has 8 aromatic rings. The average molecular weight is 2160 g/mol. The molecule has 1 unspecified atom stereocenters. The number of fused-ring (bicyclic) bond motifs is 6. The molecule has 10 amide bonds. The van der Waals surface area contributed by atoms with Crippen molar-refractivity contribution in [2.24, 2.45) is 21.7 Å². The number of carbonyl (C=O) groups excluding carboxylic acids is 14. The topological polar surface area (TPSA) is 515 Å². The van der Waals surface area contributed by atoms with Gasteiger partial charge in [-0.15, -0.1) is 0 Å². The summed E-state index contributed by atoms with van der Waals surface area (Å²) >= 11 is 11.7. The Morgan fingerprint density at radius 1 is 0.388 bits per heavy atom. The molecule has 46 heteroatoms. The van der Waals surface area contributed by atoms with Crippen molar-refractivity contribution < 1.29 is 91.9 Å². The number of nitrogens with zero attached hydrogens (tertiary/aromatic N) is 16. The summed E-state index contributed by atoms with van der Waals surface area (Å²) in [4.78, 5) is 206. The Balaban J connectivity index is 0.000000158. The SMILES string of the molecule is CC(=O)S[C@@]1(C)C(=O)N2[C@@H](c3ccc(C)nc3)[C@@](C)(C#N)C[C@]2(SC(C)=O)C(=O)N1C.CN1C(=O)[C@@]2(SC(=O)Nc3ccccc3)C[C@](C)(C#N)C(c3ccc(CO)nc3)N2C(=O)[C@]1(C)SC(=O)Nc1ccccc1.CN1C(=O)[C@@]2(SC(=O)Oc3ccccc3)C[C@](C)(C#N)[C@H](c3ccc(CO)nc3)N2C(=O)[C@]1(C)SC(=O)Oc1ccccc1.CN1C(=O)[C@@]23C[C@](C)(C#N)[C@H](c4ccc(CO)nc4)N2C(=O)[C@]1(C)SC(=S)S3. The molecule has 4 aromatic heterocycles. The zero-order valence-electron chi connectivity index (χ0n) is 81.9. The van der Waals surface area contributed by atoms with Crippen molar-refractivity contribution in [3.8, 4) is 35.8 Å². The molecule has 18 rings (SSSR count). The van der Waals surface area contributed by atoms with Crippen LogP contribution in [0.2, 0.25) is 0 Å². The zero-order chi connectivity index (χ0) is 107. The van der Waals surface area contributed by atoms with Crippen LogP contribution in [0.25, 0.3) is 0 Å². The van der Waals surface area contributed by atoms with Crippen molar-refractivity contribution in [1.82, 2.24) is 59.1 Å². The fourth-order valence-electron chi connectivity index (χ4n) is 20.0. The standard InChI is InChI=1S/C31H30N6O5S2.C31H28N4O7S2.C21H24N4O4S2.C18H18N4O3S3/c1-29(19-32)18-31(44-28(42)35-22-12-8-5-9-13-22)26(40)36(3)30(2,43-27(41)34-21-10-6-4-7-11-21)25(39)37(31)24(29)20-14-15-23(17-38)33-16-20;1-29(19-32)18-31(44-28(40)42-23-12-8-5-9-13-23)26(38)34(3)30(2,43-27(39)41-22-10-6-4-7-11-22)25(37)35(31)24(29)20-14-15-21(17-36)33-16-20;1-12-7-8-15(9-23-12)16-19(4,11-22)10-21(31-14(3)27)18(29)24(6)20(5,30-13(2)26)17(28)25(16)21;1-16(9-19)8-18-14(25)21(3)17(2,27-15(26)28-18)13(24)22(18)12(16)10-4-5-11(7-23)20-6-10/h4-16,24,38H,17-18H2,1-3H3,(H,34,41)(H,35,42);4-16,24,36H,17-18H2,1-3H3;7-9,16H,10H2,1-6H3;4-6,12,23H,7-8H2,1-3H3/t24?,29-,30+,31+;24-,29+,30-,31-;16-,19+,20-,21-;12-,16+,17-,18-/m1000/s1. The van der Waals surface area contributed by atoms with Crippen molar-refractivity contribution in [3.63, 3.8) is 0 Å². The molecule has 10 aliphatic heterocycles. The van der Waals surface area contributed by atoms with E-state index in [9.17, 15) is 103 Å². The molecule has 10 fully saturated rings. The molecule has 0 radical (unpaired) electrons. The van der Waals surface area contributed by atoms with Crippen molar-refractivity contribution in [3.05, 3.63) is 240 Å². The molecule has 0 saturated carbocycles. The van der Waals surface area contributed by atoms with Gasteiger partial charge < -0.3 is 74.6 Å². The Morgan fingerprint density at radius 3 is 1.05 bits per heavy atom. The molecule has 14 heterocycles. The normalized spacial score (nSPS) is 29.6. The minimum atomic E-state index is -1.90. The highest BCUT2D eigenvalue weighted by Crippen LogP contribution is 2.69. The van der Waals surface area contributed by atoms with Gasteiger partial charge in [-0.25, -0.2) is 9.59 Å². The first-order valence-corrected chi connectivity index (χ1v) is 52.4. The van der Waals surface area contributed by atoms with Gasteiger partial charge >= 0.3 is 10.6 Å². The Kier molecular flexibility index (Phi) is 31.4. The lowest BCUT2D eigenvalue weighted by Gasteiger charge is -2.52. The van der Waals surface area contributed by atoms with Gasteiger partial charge in [0.15, 0.2) is 49.2 Å². The number of para-hydroxylation sites is 4. The molecule has 0 aliphatic carbocycles. The average Bonchev–Trinajstić information content (AvgIpc) is 1.52. The van der Waals surface area contributed by atoms with Gasteiger partial charge in [0.2, 0.25) is 0 Å². The highest BCUT2D eigenvalue weighted by molar-refractivity contribution is 8.48. The first-order valence-electron chi connectivity index (χ1n) is 45.5. The van der Waals surface area contributed by atoms with E-state index in [-0.39, 0.29) is 79.0 Å². The molecule has 37 nitrogen and oxygen atoms in total. The maximum absolute atomic E-state index is 14.7. The maximum atomic E-state index is 14.7. The smallest absolute Gasteiger partial charge is 0.375 e. The van der Waals surface area contributed by atoms with Crippen molar-refractivity contribution >= 4 is 200 Å². The van der Waals surface area contributed by atoms with Gasteiger partial charge in [0.05, 0.1) is 107 Å². The number of nitrogens with one attached hydrogen (secondary N) is 2. The second-order valence-corrected chi connectivity index (χ2v) is 49.6. The van der Waals surface area contributed by atoms with Crippen molar-refractivity contribution in [2.75, 3.05) is 38.8 Å². The molecule has 1 spiro atoms. The van der Waals surface area contributed by atoms with Gasteiger partial charge in [0.25, 0.3) is 57.7 Å². The number of thiocarbonyl (C=S) groups is 1. The maximum Gasteiger partial charge on any atom is 0.375 e. The Hall–Kier alpha value is -12.8. The summed E-state index contributed by atoms with van der Waals surface area (Å²) in [5.74, 6) is -3.51. The highest BCUT2D eigenvalue weighted by atomic mass is 32.2. The number of thioether (sulfide) groups is 8. The molecule has 762 valence electrons. The van der Waals surface area contributed by atoms with Crippen LogP contribution in [0.5, 0.6) is 11.5 Å². The van der Waals surface area contributed by atoms with E-state index in [4.69, 9.17) is 21.7 Å². The summed E-state index contributed by atoms with van der Waals surface area (Å²) in [7, 11) is 5.88. The molecule has 4 aromatic carbocycles. The number of aryl methyl sites for hydroxylation is 1. The lowest BCUT2D eigenvalue weighted by molar-refractivity contribution is -0.163. The number of anilines is 2. The van der Waals surface area contributed by atoms with E-state index in [1.54, 1.807) is 229 Å².